The van der Waals surface area contributed by atoms with Crippen molar-refractivity contribution in [1.29, 1.82) is 5.26 Å². The first-order valence-corrected chi connectivity index (χ1v) is 5.54. The maximum atomic E-state index is 11.8. The quantitative estimate of drug-likeness (QED) is 0.785. The van der Waals surface area contributed by atoms with Crippen molar-refractivity contribution in [3.8, 4) is 6.07 Å². The molecule has 1 aromatic carbocycles. The van der Waals surface area contributed by atoms with Gasteiger partial charge < -0.3 is 11.1 Å². The molecule has 96 valence electrons. The van der Waals surface area contributed by atoms with E-state index in [1.54, 1.807) is 24.3 Å². The Morgan fingerprint density at radius 2 is 2.37 bits per heavy atom. The van der Waals surface area contributed by atoms with E-state index in [0.29, 0.717) is 11.4 Å². The van der Waals surface area contributed by atoms with Gasteiger partial charge in [0.2, 0.25) is 5.91 Å². The number of aryl methyl sites for hydroxylation is 1. The van der Waals surface area contributed by atoms with Gasteiger partial charge in [0.1, 0.15) is 18.9 Å². The van der Waals surface area contributed by atoms with Crippen molar-refractivity contribution in [3.63, 3.8) is 0 Å². The molecule has 0 saturated carbocycles. The molecule has 1 heterocycles. The molecule has 3 N–H and O–H groups in total. The largest absolute Gasteiger partial charge is 0.399 e. The van der Waals surface area contributed by atoms with Crippen LogP contribution in [0.3, 0.4) is 0 Å². The van der Waals surface area contributed by atoms with E-state index in [1.165, 1.54) is 11.0 Å². The summed E-state index contributed by atoms with van der Waals surface area (Å²) in [4.78, 5) is 15.5. The Hall–Kier alpha value is -2.88. The fraction of sp³-hybridized carbons (Fsp3) is 0.167. The number of carbonyl (C=O) groups excluding carboxylic acids is 1. The summed E-state index contributed by atoms with van der Waals surface area (Å²) >= 11 is 0. The second-order valence-electron chi connectivity index (χ2n) is 4.00. The number of nitriles is 1. The molecule has 0 radical (unpaired) electrons. The van der Waals surface area contributed by atoms with E-state index in [0.717, 1.165) is 5.56 Å². The lowest BCUT2D eigenvalue weighted by atomic mass is 10.2. The molecule has 1 amide bonds. The summed E-state index contributed by atoms with van der Waals surface area (Å²) < 4.78 is 1.31. The molecule has 2 rings (SSSR count). The predicted octanol–water partition coefficient (Wildman–Crippen LogP) is 0.679. The first kappa shape index (κ1) is 12.6. The standard InChI is InChI=1S/C12H12N6O/c1-8-4-9(14)2-3-10(8)16-12(19)6-18-7-15-11(5-13)17-18/h2-4,7H,6,14H2,1H3,(H,16,19). The third-order valence-electron chi connectivity index (χ3n) is 2.47. The second kappa shape index (κ2) is 5.18. The molecule has 0 fully saturated rings. The van der Waals surface area contributed by atoms with Crippen LogP contribution in [0.25, 0.3) is 0 Å². The van der Waals surface area contributed by atoms with Crippen molar-refractivity contribution in [1.82, 2.24) is 14.8 Å². The number of nitrogens with two attached hydrogens (primary N) is 1. The number of nitrogens with one attached hydrogen (secondary N) is 1. The van der Waals surface area contributed by atoms with Crippen LogP contribution < -0.4 is 11.1 Å². The van der Waals surface area contributed by atoms with Gasteiger partial charge in [0.05, 0.1) is 0 Å². The average Bonchev–Trinajstić information content (AvgIpc) is 2.80. The topological polar surface area (TPSA) is 110 Å². The highest BCUT2D eigenvalue weighted by Crippen LogP contribution is 2.17. The maximum absolute atomic E-state index is 11.8. The van der Waals surface area contributed by atoms with Crippen LogP contribution in [0.4, 0.5) is 11.4 Å². The zero-order chi connectivity index (χ0) is 13.8. The first-order valence-electron chi connectivity index (χ1n) is 5.54. The summed E-state index contributed by atoms with van der Waals surface area (Å²) in [6.07, 6.45) is 1.34. The van der Waals surface area contributed by atoms with E-state index in [4.69, 9.17) is 11.0 Å². The van der Waals surface area contributed by atoms with Crippen LogP contribution in [-0.4, -0.2) is 20.7 Å². The molecular formula is C12H12N6O. The van der Waals surface area contributed by atoms with Crippen molar-refractivity contribution >= 4 is 17.3 Å². The minimum atomic E-state index is -0.248. The SMILES string of the molecule is Cc1cc(N)ccc1NC(=O)Cn1cnc(C#N)n1. The molecule has 0 spiro atoms. The van der Waals surface area contributed by atoms with Crippen LogP contribution in [0.1, 0.15) is 11.4 Å². The van der Waals surface area contributed by atoms with Gasteiger partial charge in [0.25, 0.3) is 5.82 Å². The average molecular weight is 256 g/mol. The number of hydrogen-bond acceptors (Lipinski definition) is 5. The maximum Gasteiger partial charge on any atom is 0.252 e. The van der Waals surface area contributed by atoms with Crippen LogP contribution in [0.15, 0.2) is 24.5 Å². The molecule has 0 aliphatic carbocycles. The van der Waals surface area contributed by atoms with Crippen LogP contribution in [0.5, 0.6) is 0 Å². The molecule has 0 bridgehead atoms. The normalized spacial score (nSPS) is 9.89. The Balaban J connectivity index is 2.03. The van der Waals surface area contributed by atoms with Gasteiger partial charge in [0.15, 0.2) is 0 Å². The molecule has 19 heavy (non-hydrogen) atoms. The third kappa shape index (κ3) is 3.07. The van der Waals surface area contributed by atoms with E-state index in [1.807, 2.05) is 6.92 Å². The summed E-state index contributed by atoms with van der Waals surface area (Å²) in [5, 5.41) is 15.1. The molecule has 1 aromatic heterocycles. The van der Waals surface area contributed by atoms with Crippen molar-refractivity contribution in [2.24, 2.45) is 0 Å². The van der Waals surface area contributed by atoms with Gasteiger partial charge in [0, 0.05) is 11.4 Å². The van der Waals surface area contributed by atoms with E-state index >= 15 is 0 Å². The van der Waals surface area contributed by atoms with E-state index < -0.39 is 0 Å². The zero-order valence-corrected chi connectivity index (χ0v) is 10.3. The molecule has 0 unspecified atom stereocenters. The van der Waals surface area contributed by atoms with Gasteiger partial charge in [-0.2, -0.15) is 5.26 Å². The molecule has 7 heteroatoms. The first-order chi connectivity index (χ1) is 9.08. The van der Waals surface area contributed by atoms with Gasteiger partial charge in [-0.1, -0.05) is 0 Å². The molecular weight excluding hydrogens is 244 g/mol. The number of nitrogen functional groups attached to an aromatic ring is 1. The smallest absolute Gasteiger partial charge is 0.252 e. The van der Waals surface area contributed by atoms with Crippen molar-refractivity contribution < 1.29 is 4.79 Å². The Labute approximate surface area is 109 Å². The molecule has 7 nitrogen and oxygen atoms in total. The zero-order valence-electron chi connectivity index (χ0n) is 10.3. The minimum absolute atomic E-state index is 0.00149. The van der Waals surface area contributed by atoms with Crippen molar-refractivity contribution in [2.45, 2.75) is 13.5 Å². The number of aromatic nitrogens is 3. The summed E-state index contributed by atoms with van der Waals surface area (Å²) in [5.41, 5.74) is 7.85. The number of hydrogen-bond donors (Lipinski definition) is 2. The van der Waals surface area contributed by atoms with Crippen LogP contribution >= 0.6 is 0 Å². The molecule has 0 aliphatic heterocycles. The number of carbonyl (C=O) groups is 1. The fourth-order valence-corrected chi connectivity index (χ4v) is 1.59. The van der Waals surface area contributed by atoms with Gasteiger partial charge in [-0.05, 0) is 30.7 Å². The van der Waals surface area contributed by atoms with E-state index in [-0.39, 0.29) is 18.3 Å². The lowest BCUT2D eigenvalue weighted by Crippen LogP contribution is -2.19. The molecule has 0 aliphatic rings. The van der Waals surface area contributed by atoms with Crippen molar-refractivity contribution in [3.05, 3.63) is 35.9 Å². The number of amides is 1. The monoisotopic (exact) mass is 256 g/mol. The second-order valence-corrected chi connectivity index (χ2v) is 4.00. The lowest BCUT2D eigenvalue weighted by molar-refractivity contribution is -0.116. The van der Waals surface area contributed by atoms with Crippen LogP contribution in [0.2, 0.25) is 0 Å². The van der Waals surface area contributed by atoms with Gasteiger partial charge in [-0.15, -0.1) is 5.10 Å². The fourth-order valence-electron chi connectivity index (χ4n) is 1.59. The highest BCUT2D eigenvalue weighted by atomic mass is 16.2. The predicted molar refractivity (Wildman–Crippen MR) is 69.0 cm³/mol. The Kier molecular flexibility index (Phi) is 3.43. The number of rotatable bonds is 3. The van der Waals surface area contributed by atoms with E-state index in [9.17, 15) is 4.79 Å². The van der Waals surface area contributed by atoms with Crippen molar-refractivity contribution in [2.75, 3.05) is 11.1 Å². The summed E-state index contributed by atoms with van der Waals surface area (Å²) in [5.74, 6) is -0.210. The Morgan fingerprint density at radius 1 is 1.58 bits per heavy atom. The number of benzene rings is 1. The van der Waals surface area contributed by atoms with E-state index in [2.05, 4.69) is 15.4 Å². The number of anilines is 2. The molecule has 0 atom stereocenters. The van der Waals surface area contributed by atoms with Crippen LogP contribution in [-0.2, 0) is 11.3 Å². The summed E-state index contributed by atoms with van der Waals surface area (Å²) in [6, 6.07) is 7.03. The Morgan fingerprint density at radius 3 is 3.00 bits per heavy atom. The Bertz CT molecular complexity index is 654. The van der Waals surface area contributed by atoms with Crippen LogP contribution in [0, 0.1) is 18.3 Å². The lowest BCUT2D eigenvalue weighted by Gasteiger charge is -2.08. The van der Waals surface area contributed by atoms with Gasteiger partial charge in [-0.25, -0.2) is 9.67 Å². The third-order valence-corrected chi connectivity index (χ3v) is 2.47. The molecule has 0 saturated heterocycles. The van der Waals surface area contributed by atoms with Gasteiger partial charge >= 0.3 is 0 Å². The summed E-state index contributed by atoms with van der Waals surface area (Å²) in [6.45, 7) is 1.85. The molecule has 2 aromatic rings. The summed E-state index contributed by atoms with van der Waals surface area (Å²) in [7, 11) is 0. The highest BCUT2D eigenvalue weighted by molar-refractivity contribution is 5.91. The number of nitrogens with zero attached hydrogens (tertiary/aromatic N) is 4. The minimum Gasteiger partial charge on any atom is -0.399 e. The van der Waals surface area contributed by atoms with Gasteiger partial charge in [-0.3, -0.25) is 4.79 Å². The highest BCUT2D eigenvalue weighted by Gasteiger charge is 2.07.